The summed E-state index contributed by atoms with van der Waals surface area (Å²) < 4.78 is 26.4. The average Bonchev–Trinajstić information content (AvgIpc) is 2.40. The lowest BCUT2D eigenvalue weighted by Crippen LogP contribution is -2.35. The van der Waals surface area contributed by atoms with Crippen LogP contribution in [0.25, 0.3) is 0 Å². The number of carbonyl (C=O) groups is 1. The maximum absolute atomic E-state index is 13.4. The van der Waals surface area contributed by atoms with Crippen LogP contribution in [0.3, 0.4) is 0 Å². The van der Waals surface area contributed by atoms with Crippen molar-refractivity contribution in [3.05, 3.63) is 35.4 Å². The smallest absolute Gasteiger partial charge is 0.254 e. The molecule has 2 nitrogen and oxygen atoms in total. The minimum absolute atomic E-state index is 0.0476. The quantitative estimate of drug-likeness (QED) is 0.847. The molecule has 19 heavy (non-hydrogen) atoms. The van der Waals surface area contributed by atoms with Crippen LogP contribution in [0.5, 0.6) is 0 Å². The number of carbonyl (C=O) groups excluding carboxylic acids is 1. The molecule has 104 valence electrons. The zero-order chi connectivity index (χ0) is 13.8. The fraction of sp³-hybridized carbons (Fsp3) is 0.500. The number of hydrogen-bond acceptors (Lipinski definition) is 1. The fourth-order valence-electron chi connectivity index (χ4n) is 2.38. The minimum Gasteiger partial charge on any atom is -0.352 e. The highest BCUT2D eigenvalue weighted by molar-refractivity contribution is 6.20. The molecule has 0 saturated heterocycles. The van der Waals surface area contributed by atoms with Crippen molar-refractivity contribution in [3.8, 4) is 0 Å². The molecular weight excluding hydrogens is 272 g/mol. The lowest BCUT2D eigenvalue weighted by atomic mass is 9.88. The molecular formula is C14H16ClF2NO. The van der Waals surface area contributed by atoms with Crippen LogP contribution < -0.4 is 5.32 Å². The maximum Gasteiger partial charge on any atom is 0.254 e. The third kappa shape index (κ3) is 3.66. The summed E-state index contributed by atoms with van der Waals surface area (Å²) >= 11 is 6.18. The second-order valence-corrected chi connectivity index (χ2v) is 5.46. The summed E-state index contributed by atoms with van der Waals surface area (Å²) in [5, 5.41) is 2.68. The summed E-state index contributed by atoms with van der Waals surface area (Å²) in [5.74, 6) is -1.73. The van der Waals surface area contributed by atoms with E-state index in [1.54, 1.807) is 0 Å². The van der Waals surface area contributed by atoms with E-state index in [2.05, 4.69) is 5.32 Å². The highest BCUT2D eigenvalue weighted by Gasteiger charge is 2.24. The molecule has 0 radical (unpaired) electrons. The van der Waals surface area contributed by atoms with Gasteiger partial charge in [-0.3, -0.25) is 4.79 Å². The molecule has 0 aliphatic heterocycles. The standard InChI is InChI=1S/C14H16ClF2NO/c15-12-4-2-1-3-9(12)8-18-14(19)11-7-10(16)5-6-13(11)17/h5-7,9,12H,1-4,8H2,(H,18,19). The van der Waals surface area contributed by atoms with Crippen LogP contribution in [-0.2, 0) is 0 Å². The molecule has 0 bridgehead atoms. The summed E-state index contributed by atoms with van der Waals surface area (Å²) in [5.41, 5.74) is -0.262. The highest BCUT2D eigenvalue weighted by atomic mass is 35.5. The van der Waals surface area contributed by atoms with Crippen molar-refractivity contribution in [2.24, 2.45) is 5.92 Å². The lowest BCUT2D eigenvalue weighted by molar-refractivity contribution is 0.0939. The van der Waals surface area contributed by atoms with Gasteiger partial charge in [0.2, 0.25) is 0 Å². The van der Waals surface area contributed by atoms with Crippen molar-refractivity contribution in [3.63, 3.8) is 0 Å². The van der Waals surface area contributed by atoms with Crippen molar-refractivity contribution in [2.75, 3.05) is 6.54 Å². The third-order valence-electron chi connectivity index (χ3n) is 3.51. The van der Waals surface area contributed by atoms with E-state index in [1.807, 2.05) is 0 Å². The first-order chi connectivity index (χ1) is 9.08. The predicted octanol–water partition coefficient (Wildman–Crippen LogP) is 3.49. The van der Waals surface area contributed by atoms with Crippen molar-refractivity contribution >= 4 is 17.5 Å². The second-order valence-electron chi connectivity index (χ2n) is 4.89. The van der Waals surface area contributed by atoms with E-state index in [1.165, 1.54) is 0 Å². The first-order valence-electron chi connectivity index (χ1n) is 6.45. The molecule has 2 unspecified atom stereocenters. The topological polar surface area (TPSA) is 29.1 Å². The minimum atomic E-state index is -0.718. The Morgan fingerprint density at radius 3 is 2.79 bits per heavy atom. The monoisotopic (exact) mass is 287 g/mol. The van der Waals surface area contributed by atoms with Gasteiger partial charge in [0.15, 0.2) is 0 Å². The largest absolute Gasteiger partial charge is 0.352 e. The maximum atomic E-state index is 13.4. The van der Waals surface area contributed by atoms with Crippen molar-refractivity contribution in [1.82, 2.24) is 5.32 Å². The molecule has 0 aromatic heterocycles. The molecule has 0 heterocycles. The Labute approximate surface area is 116 Å². The first-order valence-corrected chi connectivity index (χ1v) is 6.89. The highest BCUT2D eigenvalue weighted by Crippen LogP contribution is 2.28. The number of rotatable bonds is 3. The van der Waals surface area contributed by atoms with E-state index in [0.717, 1.165) is 43.9 Å². The number of alkyl halides is 1. The number of hydrogen-bond donors (Lipinski definition) is 1. The van der Waals surface area contributed by atoms with Crippen LogP contribution in [0.1, 0.15) is 36.0 Å². The van der Waals surface area contributed by atoms with Gasteiger partial charge < -0.3 is 5.32 Å². The third-order valence-corrected chi connectivity index (χ3v) is 4.09. The van der Waals surface area contributed by atoms with Gasteiger partial charge in [0.05, 0.1) is 5.56 Å². The van der Waals surface area contributed by atoms with Gasteiger partial charge in [-0.15, -0.1) is 11.6 Å². The summed E-state index contributed by atoms with van der Waals surface area (Å²) in [4.78, 5) is 11.8. The predicted molar refractivity (Wildman–Crippen MR) is 70.3 cm³/mol. The number of halogens is 3. The summed E-state index contributed by atoms with van der Waals surface area (Å²) in [6, 6.07) is 2.85. The van der Waals surface area contributed by atoms with E-state index in [9.17, 15) is 13.6 Å². The molecule has 1 amide bonds. The Morgan fingerprint density at radius 2 is 2.05 bits per heavy atom. The van der Waals surface area contributed by atoms with Crippen molar-refractivity contribution in [2.45, 2.75) is 31.1 Å². The van der Waals surface area contributed by atoms with Crippen LogP contribution in [0, 0.1) is 17.6 Å². The molecule has 1 aliphatic carbocycles. The Morgan fingerprint density at radius 1 is 1.32 bits per heavy atom. The zero-order valence-electron chi connectivity index (χ0n) is 10.5. The van der Waals surface area contributed by atoms with E-state index in [4.69, 9.17) is 11.6 Å². The van der Waals surface area contributed by atoms with E-state index in [-0.39, 0.29) is 16.9 Å². The van der Waals surface area contributed by atoms with Crippen LogP contribution >= 0.6 is 11.6 Å². The van der Waals surface area contributed by atoms with Crippen LogP contribution in [-0.4, -0.2) is 17.8 Å². The molecule has 1 saturated carbocycles. The van der Waals surface area contributed by atoms with Gasteiger partial charge in [-0.05, 0) is 37.0 Å². The van der Waals surface area contributed by atoms with Gasteiger partial charge in [0, 0.05) is 11.9 Å². The second kappa shape index (κ2) is 6.33. The molecule has 0 spiro atoms. The van der Waals surface area contributed by atoms with Gasteiger partial charge >= 0.3 is 0 Å². The number of nitrogens with one attached hydrogen (secondary N) is 1. The van der Waals surface area contributed by atoms with E-state index < -0.39 is 17.5 Å². The van der Waals surface area contributed by atoms with Crippen LogP contribution in [0.4, 0.5) is 8.78 Å². The Bertz CT molecular complexity index is 467. The van der Waals surface area contributed by atoms with Gasteiger partial charge in [0.25, 0.3) is 5.91 Å². The van der Waals surface area contributed by atoms with E-state index in [0.29, 0.717) is 6.54 Å². The number of amides is 1. The Hall–Kier alpha value is -1.16. The number of benzene rings is 1. The SMILES string of the molecule is O=C(NCC1CCCCC1Cl)c1cc(F)ccc1F. The van der Waals surface area contributed by atoms with E-state index >= 15 is 0 Å². The Kier molecular flexibility index (Phi) is 4.75. The molecule has 1 N–H and O–H groups in total. The van der Waals surface area contributed by atoms with Crippen LogP contribution in [0.15, 0.2) is 18.2 Å². The molecule has 1 fully saturated rings. The van der Waals surface area contributed by atoms with Crippen molar-refractivity contribution in [1.29, 1.82) is 0 Å². The molecule has 2 atom stereocenters. The fourth-order valence-corrected chi connectivity index (χ4v) is 2.75. The summed E-state index contributed by atoms with van der Waals surface area (Å²) in [6.07, 6.45) is 4.10. The normalized spacial score (nSPS) is 23.1. The molecule has 1 aliphatic rings. The average molecular weight is 288 g/mol. The lowest BCUT2D eigenvalue weighted by Gasteiger charge is -2.27. The first kappa shape index (κ1) is 14.3. The van der Waals surface area contributed by atoms with Gasteiger partial charge in [-0.25, -0.2) is 8.78 Å². The van der Waals surface area contributed by atoms with Crippen molar-refractivity contribution < 1.29 is 13.6 Å². The summed E-state index contributed by atoms with van der Waals surface area (Å²) in [6.45, 7) is 0.406. The Balaban J connectivity index is 1.95. The van der Waals surface area contributed by atoms with Gasteiger partial charge in [0.1, 0.15) is 11.6 Å². The van der Waals surface area contributed by atoms with Crippen LogP contribution in [0.2, 0.25) is 0 Å². The molecule has 1 aromatic carbocycles. The van der Waals surface area contributed by atoms with Gasteiger partial charge in [-0.1, -0.05) is 12.8 Å². The summed E-state index contributed by atoms with van der Waals surface area (Å²) in [7, 11) is 0. The molecule has 1 aromatic rings. The zero-order valence-corrected chi connectivity index (χ0v) is 11.2. The van der Waals surface area contributed by atoms with Gasteiger partial charge in [-0.2, -0.15) is 0 Å². The molecule has 5 heteroatoms. The molecule has 2 rings (SSSR count).